The second-order valence-electron chi connectivity index (χ2n) is 6.71. The third kappa shape index (κ3) is 5.97. The lowest BCUT2D eigenvalue weighted by atomic mass is 9.96. The maximum Gasteiger partial charge on any atom is 0.409 e. The number of carbonyl (C=O) groups excluding carboxylic acids is 2. The average Bonchev–Trinajstić information content (AvgIpc) is 3.14. The van der Waals surface area contributed by atoms with Crippen LogP contribution in [0.5, 0.6) is 0 Å². The number of piperazine rings is 1. The van der Waals surface area contributed by atoms with Crippen LogP contribution in [0.2, 0.25) is 0 Å². The molecule has 2 aliphatic rings. The van der Waals surface area contributed by atoms with Crippen molar-refractivity contribution in [2.24, 2.45) is 0 Å². The van der Waals surface area contributed by atoms with Gasteiger partial charge in [-0.1, -0.05) is 42.4 Å². The zero-order chi connectivity index (χ0) is 19.1. The van der Waals surface area contributed by atoms with Crippen LogP contribution in [0.25, 0.3) is 0 Å². The van der Waals surface area contributed by atoms with Crippen molar-refractivity contribution in [3.63, 3.8) is 0 Å². The van der Waals surface area contributed by atoms with Crippen molar-refractivity contribution >= 4 is 40.2 Å². The Balaban J connectivity index is 1.39. The average molecular weight is 414 g/mol. The van der Waals surface area contributed by atoms with Gasteiger partial charge in [0.05, 0.1) is 12.4 Å². The van der Waals surface area contributed by atoms with Crippen molar-refractivity contribution in [3.05, 3.63) is 0 Å². The minimum absolute atomic E-state index is 0.0699. The number of nitrogens with one attached hydrogen (secondary N) is 1. The van der Waals surface area contributed by atoms with E-state index in [9.17, 15) is 9.59 Å². The molecule has 2 amide bonds. The summed E-state index contributed by atoms with van der Waals surface area (Å²) in [5, 5.41) is 12.7. The Morgan fingerprint density at radius 3 is 2.56 bits per heavy atom. The maximum atomic E-state index is 12.4. The van der Waals surface area contributed by atoms with E-state index < -0.39 is 0 Å². The second kappa shape index (κ2) is 10.1. The van der Waals surface area contributed by atoms with Crippen LogP contribution in [-0.4, -0.2) is 76.6 Å². The number of ether oxygens (including phenoxy) is 1. The molecule has 0 bridgehead atoms. The van der Waals surface area contributed by atoms with E-state index in [0.717, 1.165) is 9.47 Å². The number of hydrogen-bond donors (Lipinski definition) is 1. The number of rotatable bonds is 6. The largest absolute Gasteiger partial charge is 0.450 e. The van der Waals surface area contributed by atoms with Crippen molar-refractivity contribution in [2.75, 3.05) is 43.9 Å². The summed E-state index contributed by atoms with van der Waals surface area (Å²) in [5.41, 5.74) is 0. The second-order valence-corrected chi connectivity index (χ2v) is 8.91. The Morgan fingerprint density at radius 2 is 1.85 bits per heavy atom. The summed E-state index contributed by atoms with van der Waals surface area (Å²) in [6.45, 7) is 4.28. The van der Waals surface area contributed by atoms with Gasteiger partial charge in [0.25, 0.3) is 0 Å². The summed E-state index contributed by atoms with van der Waals surface area (Å²) in [6, 6.07) is 0.502. The maximum absolute atomic E-state index is 12.4. The molecule has 0 spiro atoms. The molecule has 2 fully saturated rings. The summed E-state index contributed by atoms with van der Waals surface area (Å²) in [4.78, 5) is 27.6. The molecule has 3 rings (SSSR count). The molecule has 0 unspecified atom stereocenters. The van der Waals surface area contributed by atoms with Crippen LogP contribution in [0.3, 0.4) is 0 Å². The van der Waals surface area contributed by atoms with Gasteiger partial charge >= 0.3 is 6.09 Å². The fourth-order valence-corrected chi connectivity index (χ4v) is 5.05. The molecule has 27 heavy (non-hydrogen) atoms. The lowest BCUT2D eigenvalue weighted by molar-refractivity contribution is -0.129. The highest BCUT2D eigenvalue weighted by atomic mass is 32.2. The van der Waals surface area contributed by atoms with Crippen LogP contribution in [0, 0.1) is 0 Å². The number of thioether (sulfide) groups is 1. The van der Waals surface area contributed by atoms with Crippen molar-refractivity contribution in [1.29, 1.82) is 0 Å². The first-order chi connectivity index (χ1) is 13.2. The lowest BCUT2D eigenvalue weighted by Gasteiger charge is -2.33. The minimum Gasteiger partial charge on any atom is -0.450 e. The topological polar surface area (TPSA) is 87.7 Å². The molecule has 8 nitrogen and oxygen atoms in total. The van der Waals surface area contributed by atoms with E-state index >= 15 is 0 Å². The molecule has 0 aromatic carbocycles. The smallest absolute Gasteiger partial charge is 0.409 e. The van der Waals surface area contributed by atoms with E-state index in [0.29, 0.717) is 44.6 Å². The molecule has 1 aromatic heterocycles. The van der Waals surface area contributed by atoms with E-state index in [1.54, 1.807) is 16.7 Å². The van der Waals surface area contributed by atoms with Gasteiger partial charge in [-0.15, -0.1) is 10.2 Å². The molecule has 1 N–H and O–H groups in total. The van der Waals surface area contributed by atoms with Crippen molar-refractivity contribution in [2.45, 2.75) is 49.4 Å². The fourth-order valence-electron chi connectivity index (χ4n) is 3.32. The standard InChI is InChI=1S/C17H27N5O3S2/c1-2-25-17(24)22-10-8-21(9-11-22)14(23)12-26-16-20-19-15(27-16)18-13-6-4-3-5-7-13/h13H,2-12H2,1H3,(H,18,19). The Labute approximate surface area is 168 Å². The Morgan fingerprint density at radius 1 is 1.15 bits per heavy atom. The first-order valence-electron chi connectivity index (χ1n) is 9.58. The lowest BCUT2D eigenvalue weighted by Crippen LogP contribution is -2.51. The first-order valence-corrected chi connectivity index (χ1v) is 11.4. The quantitative estimate of drug-likeness (QED) is 0.717. The van der Waals surface area contributed by atoms with Crippen LogP contribution in [-0.2, 0) is 9.53 Å². The zero-order valence-electron chi connectivity index (χ0n) is 15.7. The third-order valence-corrected chi connectivity index (χ3v) is 6.79. The van der Waals surface area contributed by atoms with E-state index in [1.165, 1.54) is 55.2 Å². The molecule has 1 aliphatic heterocycles. The summed E-state index contributed by atoms with van der Waals surface area (Å²) in [5.74, 6) is 0.415. The van der Waals surface area contributed by atoms with Crippen LogP contribution < -0.4 is 5.32 Å². The summed E-state index contributed by atoms with van der Waals surface area (Å²) in [7, 11) is 0. The van der Waals surface area contributed by atoms with Crippen molar-refractivity contribution in [3.8, 4) is 0 Å². The molecule has 1 aliphatic carbocycles. The number of aromatic nitrogens is 2. The van der Waals surface area contributed by atoms with Gasteiger partial charge in [0, 0.05) is 32.2 Å². The molecular weight excluding hydrogens is 386 g/mol. The van der Waals surface area contributed by atoms with Crippen molar-refractivity contribution in [1.82, 2.24) is 20.0 Å². The predicted molar refractivity (Wildman–Crippen MR) is 106 cm³/mol. The van der Waals surface area contributed by atoms with Gasteiger partial charge in [-0.2, -0.15) is 0 Å². The number of nitrogens with zero attached hydrogens (tertiary/aromatic N) is 4. The minimum atomic E-state index is -0.300. The number of hydrogen-bond acceptors (Lipinski definition) is 8. The van der Waals surface area contributed by atoms with Gasteiger partial charge in [0.1, 0.15) is 0 Å². The van der Waals surface area contributed by atoms with Crippen LogP contribution in [0.4, 0.5) is 9.93 Å². The SMILES string of the molecule is CCOC(=O)N1CCN(C(=O)CSc2nnc(NC3CCCCC3)s2)CC1. The molecule has 10 heteroatoms. The zero-order valence-corrected chi connectivity index (χ0v) is 17.3. The first kappa shape index (κ1) is 20.2. The molecule has 2 heterocycles. The van der Waals surface area contributed by atoms with Crippen LogP contribution in [0.15, 0.2) is 4.34 Å². The fraction of sp³-hybridized carbons (Fsp3) is 0.765. The van der Waals surface area contributed by atoms with Gasteiger partial charge in [0.15, 0.2) is 4.34 Å². The highest BCUT2D eigenvalue weighted by molar-refractivity contribution is 8.01. The van der Waals surface area contributed by atoms with E-state index in [4.69, 9.17) is 4.74 Å². The van der Waals surface area contributed by atoms with Crippen LogP contribution >= 0.6 is 23.1 Å². The van der Waals surface area contributed by atoms with E-state index in [2.05, 4.69) is 15.5 Å². The predicted octanol–water partition coefficient (Wildman–Crippen LogP) is 2.68. The molecule has 0 radical (unpaired) electrons. The van der Waals surface area contributed by atoms with Gasteiger partial charge in [-0.3, -0.25) is 4.79 Å². The molecule has 1 saturated carbocycles. The van der Waals surface area contributed by atoms with E-state index in [1.807, 2.05) is 0 Å². The van der Waals surface area contributed by atoms with E-state index in [-0.39, 0.29) is 12.0 Å². The van der Waals surface area contributed by atoms with Gasteiger partial charge in [0.2, 0.25) is 11.0 Å². The number of carbonyl (C=O) groups is 2. The van der Waals surface area contributed by atoms with Crippen LogP contribution in [0.1, 0.15) is 39.0 Å². The molecular formula is C17H27N5O3S2. The van der Waals surface area contributed by atoms with Gasteiger partial charge < -0.3 is 19.9 Å². The normalized spacial score (nSPS) is 18.4. The van der Waals surface area contributed by atoms with Crippen molar-refractivity contribution < 1.29 is 14.3 Å². The number of amides is 2. The summed E-state index contributed by atoms with van der Waals surface area (Å²) >= 11 is 2.94. The summed E-state index contributed by atoms with van der Waals surface area (Å²) in [6.07, 6.45) is 5.96. The van der Waals surface area contributed by atoms with Gasteiger partial charge in [-0.05, 0) is 19.8 Å². The Hall–Kier alpha value is -1.55. The highest BCUT2D eigenvalue weighted by Crippen LogP contribution is 2.28. The molecule has 150 valence electrons. The highest BCUT2D eigenvalue weighted by Gasteiger charge is 2.25. The van der Waals surface area contributed by atoms with Gasteiger partial charge in [-0.25, -0.2) is 4.79 Å². The summed E-state index contributed by atoms with van der Waals surface area (Å²) < 4.78 is 5.81. The molecule has 1 aromatic rings. The monoisotopic (exact) mass is 413 g/mol. The Bertz CT molecular complexity index is 628. The number of anilines is 1. The molecule has 1 saturated heterocycles. The molecule has 0 atom stereocenters. The Kier molecular flexibility index (Phi) is 7.57. The third-order valence-electron chi connectivity index (χ3n) is 4.82.